The average molecular weight is 418 g/mol. The number of fused-ring (bicyclic) bond motifs is 1. The average Bonchev–Trinajstić information content (AvgIpc) is 3.03. The van der Waals surface area contributed by atoms with Gasteiger partial charge in [-0.25, -0.2) is 4.79 Å². The zero-order chi connectivity index (χ0) is 21.2. The van der Waals surface area contributed by atoms with Gasteiger partial charge < -0.3 is 20.3 Å². The second kappa shape index (κ2) is 8.55. The predicted molar refractivity (Wildman–Crippen MR) is 113 cm³/mol. The van der Waals surface area contributed by atoms with E-state index in [2.05, 4.69) is 26.1 Å². The summed E-state index contributed by atoms with van der Waals surface area (Å²) in [5.41, 5.74) is 1.67. The molecule has 1 aromatic heterocycles. The number of rotatable bonds is 6. The molecule has 0 spiro atoms. The van der Waals surface area contributed by atoms with Crippen molar-refractivity contribution in [3.8, 4) is 5.75 Å². The van der Waals surface area contributed by atoms with Crippen molar-refractivity contribution in [1.29, 1.82) is 0 Å². The number of carboxylic acids is 1. The molecule has 7 heteroatoms. The lowest BCUT2D eigenvalue weighted by atomic mass is 9.72. The molecular weight excluding hydrogens is 390 g/mol. The minimum atomic E-state index is -1.00. The van der Waals surface area contributed by atoms with Gasteiger partial charge in [0, 0.05) is 10.4 Å². The van der Waals surface area contributed by atoms with Crippen molar-refractivity contribution in [3.05, 3.63) is 45.8 Å². The molecule has 156 valence electrons. The van der Waals surface area contributed by atoms with Gasteiger partial charge in [-0.2, -0.15) is 0 Å². The van der Waals surface area contributed by atoms with E-state index in [1.165, 1.54) is 11.3 Å². The molecule has 6 nitrogen and oxygen atoms in total. The van der Waals surface area contributed by atoms with Gasteiger partial charge in [-0.15, -0.1) is 11.3 Å². The number of hydrogen-bond donors (Lipinski definition) is 3. The fourth-order valence-corrected chi connectivity index (χ4v) is 5.00. The number of aliphatic hydroxyl groups excluding tert-OH is 1. The Labute approximate surface area is 174 Å². The van der Waals surface area contributed by atoms with E-state index in [-0.39, 0.29) is 30.1 Å². The first-order valence-corrected chi connectivity index (χ1v) is 10.5. The SMILES string of the molecule is CC(C)(C)C1CCc2c(sc(NC(=O)c3ccc(OCCO)cc3)c2C(=O)O)C1. The number of carboxylic acid groups (broad SMARTS) is 1. The highest BCUT2D eigenvalue weighted by molar-refractivity contribution is 7.17. The summed E-state index contributed by atoms with van der Waals surface area (Å²) in [6.45, 7) is 6.74. The molecule has 0 saturated heterocycles. The zero-order valence-electron chi connectivity index (χ0n) is 16.9. The van der Waals surface area contributed by atoms with E-state index >= 15 is 0 Å². The minimum absolute atomic E-state index is 0.0840. The molecule has 3 N–H and O–H groups in total. The number of ether oxygens (including phenoxy) is 1. The maximum Gasteiger partial charge on any atom is 0.339 e. The van der Waals surface area contributed by atoms with E-state index in [4.69, 9.17) is 9.84 Å². The highest BCUT2D eigenvalue weighted by Gasteiger charge is 2.34. The van der Waals surface area contributed by atoms with Crippen LogP contribution in [-0.4, -0.2) is 35.3 Å². The second-order valence-electron chi connectivity index (χ2n) is 8.37. The Bertz CT molecular complexity index is 895. The molecule has 1 aliphatic rings. The molecule has 1 amide bonds. The topological polar surface area (TPSA) is 95.9 Å². The molecule has 0 bridgehead atoms. The predicted octanol–water partition coefficient (Wildman–Crippen LogP) is 4.22. The van der Waals surface area contributed by atoms with Crippen LogP contribution >= 0.6 is 11.3 Å². The summed E-state index contributed by atoms with van der Waals surface area (Å²) in [6.07, 6.45) is 2.52. The van der Waals surface area contributed by atoms with E-state index < -0.39 is 5.97 Å². The van der Waals surface area contributed by atoms with Crippen molar-refractivity contribution in [2.75, 3.05) is 18.5 Å². The van der Waals surface area contributed by atoms with Crippen molar-refractivity contribution in [1.82, 2.24) is 0 Å². The molecule has 1 unspecified atom stereocenters. The van der Waals surface area contributed by atoms with Gasteiger partial charge in [0.25, 0.3) is 5.91 Å². The molecule has 0 radical (unpaired) electrons. The van der Waals surface area contributed by atoms with E-state index in [0.717, 1.165) is 29.7 Å². The van der Waals surface area contributed by atoms with E-state index in [1.807, 2.05) is 0 Å². The summed E-state index contributed by atoms with van der Waals surface area (Å²) in [5, 5.41) is 21.8. The van der Waals surface area contributed by atoms with Crippen LogP contribution < -0.4 is 10.1 Å². The second-order valence-corrected chi connectivity index (χ2v) is 9.47. The monoisotopic (exact) mass is 417 g/mol. The summed E-state index contributed by atoms with van der Waals surface area (Å²) in [5.74, 6) is -0.307. The van der Waals surface area contributed by atoms with Crippen LogP contribution in [0.25, 0.3) is 0 Å². The standard InChI is InChI=1S/C22H27NO5S/c1-22(2,3)14-6-9-16-17(12-14)29-20(18(16)21(26)27)23-19(25)13-4-7-15(8-5-13)28-11-10-24/h4-5,7-8,14,24H,6,9-12H2,1-3H3,(H,23,25)(H,26,27). The molecular formula is C22H27NO5S. The minimum Gasteiger partial charge on any atom is -0.491 e. The largest absolute Gasteiger partial charge is 0.491 e. The first-order valence-electron chi connectivity index (χ1n) is 9.73. The van der Waals surface area contributed by atoms with Crippen LogP contribution in [0.3, 0.4) is 0 Å². The number of amides is 1. The highest BCUT2D eigenvalue weighted by Crippen LogP contribution is 2.44. The molecule has 1 atom stereocenters. The number of aromatic carboxylic acids is 1. The van der Waals surface area contributed by atoms with Gasteiger partial charge in [-0.3, -0.25) is 4.79 Å². The fourth-order valence-electron chi connectivity index (χ4n) is 3.68. The highest BCUT2D eigenvalue weighted by atomic mass is 32.1. The maximum atomic E-state index is 12.7. The molecule has 3 rings (SSSR count). The Hall–Kier alpha value is -2.38. The van der Waals surface area contributed by atoms with Crippen LogP contribution in [0.4, 0.5) is 5.00 Å². The lowest BCUT2D eigenvalue weighted by Gasteiger charge is -2.33. The molecule has 1 heterocycles. The Morgan fingerprint density at radius 2 is 1.93 bits per heavy atom. The van der Waals surface area contributed by atoms with Crippen LogP contribution in [0.5, 0.6) is 5.75 Å². The van der Waals surface area contributed by atoms with E-state index in [9.17, 15) is 14.7 Å². The van der Waals surface area contributed by atoms with Gasteiger partial charge in [0.15, 0.2) is 0 Å². The molecule has 0 saturated carbocycles. The number of thiophene rings is 1. The van der Waals surface area contributed by atoms with Crippen molar-refractivity contribution in [3.63, 3.8) is 0 Å². The molecule has 29 heavy (non-hydrogen) atoms. The summed E-state index contributed by atoms with van der Waals surface area (Å²) < 4.78 is 5.29. The van der Waals surface area contributed by atoms with Crippen LogP contribution in [-0.2, 0) is 12.8 Å². The van der Waals surface area contributed by atoms with Crippen molar-refractivity contribution < 1.29 is 24.5 Å². The maximum absolute atomic E-state index is 12.7. The summed E-state index contributed by atoms with van der Waals surface area (Å²) in [6, 6.07) is 6.53. The molecule has 1 aliphatic carbocycles. The molecule has 1 aromatic carbocycles. The molecule has 0 fully saturated rings. The fraction of sp³-hybridized carbons (Fsp3) is 0.455. The zero-order valence-corrected chi connectivity index (χ0v) is 17.8. The molecule has 2 aromatic rings. The summed E-state index contributed by atoms with van der Waals surface area (Å²) in [4.78, 5) is 25.7. The third-order valence-corrected chi connectivity index (χ3v) is 6.58. The van der Waals surface area contributed by atoms with Gasteiger partial charge in [0.05, 0.1) is 12.2 Å². The van der Waals surface area contributed by atoms with Crippen LogP contribution in [0.15, 0.2) is 24.3 Å². The Balaban J connectivity index is 1.81. The Kier molecular flexibility index (Phi) is 6.29. The quantitative estimate of drug-likeness (QED) is 0.654. The van der Waals surface area contributed by atoms with Crippen molar-refractivity contribution in [2.45, 2.75) is 40.0 Å². The van der Waals surface area contributed by atoms with Gasteiger partial charge in [0.2, 0.25) is 0 Å². The van der Waals surface area contributed by atoms with Crippen molar-refractivity contribution in [2.24, 2.45) is 11.3 Å². The first-order chi connectivity index (χ1) is 13.7. The van der Waals surface area contributed by atoms with Gasteiger partial charge >= 0.3 is 5.97 Å². The molecule has 0 aliphatic heterocycles. The number of aliphatic hydroxyl groups is 1. The van der Waals surface area contributed by atoms with Gasteiger partial charge in [0.1, 0.15) is 17.4 Å². The normalized spacial score (nSPS) is 16.2. The Morgan fingerprint density at radius 1 is 1.24 bits per heavy atom. The van der Waals surface area contributed by atoms with Crippen molar-refractivity contribution >= 4 is 28.2 Å². The van der Waals surface area contributed by atoms with Gasteiger partial charge in [-0.05, 0) is 60.4 Å². The lowest BCUT2D eigenvalue weighted by Crippen LogP contribution is -2.26. The van der Waals surface area contributed by atoms with Crippen LogP contribution in [0.2, 0.25) is 0 Å². The number of hydrogen-bond acceptors (Lipinski definition) is 5. The lowest BCUT2D eigenvalue weighted by molar-refractivity contribution is 0.0696. The number of nitrogens with one attached hydrogen (secondary N) is 1. The first kappa shape index (κ1) is 21.3. The smallest absolute Gasteiger partial charge is 0.339 e. The summed E-state index contributed by atoms with van der Waals surface area (Å²) in [7, 11) is 0. The third-order valence-electron chi connectivity index (χ3n) is 5.41. The number of carbonyl (C=O) groups is 2. The number of carbonyl (C=O) groups excluding carboxylic acids is 1. The number of benzene rings is 1. The van der Waals surface area contributed by atoms with Crippen LogP contribution in [0.1, 0.15) is 58.3 Å². The Morgan fingerprint density at radius 3 is 2.52 bits per heavy atom. The van der Waals surface area contributed by atoms with E-state index in [0.29, 0.717) is 22.2 Å². The number of anilines is 1. The summed E-state index contributed by atoms with van der Waals surface area (Å²) >= 11 is 1.38. The van der Waals surface area contributed by atoms with E-state index in [1.54, 1.807) is 24.3 Å². The van der Waals surface area contributed by atoms with Crippen LogP contribution in [0, 0.1) is 11.3 Å². The third kappa shape index (κ3) is 4.79. The van der Waals surface area contributed by atoms with Gasteiger partial charge in [-0.1, -0.05) is 20.8 Å².